The molecule has 1 aromatic heterocycles. The first-order chi connectivity index (χ1) is 8.98. The fraction of sp³-hybridized carbons (Fsp3) is 0.500. The molecule has 0 saturated carbocycles. The van der Waals surface area contributed by atoms with Crippen molar-refractivity contribution >= 4 is 21.6 Å². The van der Waals surface area contributed by atoms with Crippen molar-refractivity contribution in [3.05, 3.63) is 24.5 Å². The monoisotopic (exact) mass is 283 g/mol. The average molecular weight is 283 g/mol. The highest BCUT2D eigenvalue weighted by Gasteiger charge is 2.34. The van der Waals surface area contributed by atoms with Crippen LogP contribution in [0.3, 0.4) is 0 Å². The number of hydrogen-bond donors (Lipinski definition) is 1. The Bertz CT molecular complexity index is 545. The van der Waals surface area contributed by atoms with Gasteiger partial charge in [0.2, 0.25) is 15.9 Å². The van der Waals surface area contributed by atoms with Gasteiger partial charge in [-0.05, 0) is 25.0 Å². The first-order valence-electron chi connectivity index (χ1n) is 6.16. The molecule has 6 nitrogen and oxygen atoms in total. The molecule has 1 amide bonds. The highest BCUT2D eigenvalue weighted by Crippen LogP contribution is 2.21. The fourth-order valence-corrected chi connectivity index (χ4v) is 3.35. The van der Waals surface area contributed by atoms with Gasteiger partial charge >= 0.3 is 0 Å². The standard InChI is InChI=1S/C12H17N3O3S/c1-19(17,18)15-8-3-2-6-11(15)12(16)14-10-5-4-7-13-9-10/h4-5,7,9,11H,2-3,6,8H2,1H3,(H,14,16)/t11-/m1/s1. The highest BCUT2D eigenvalue weighted by molar-refractivity contribution is 7.88. The Hall–Kier alpha value is -1.47. The zero-order chi connectivity index (χ0) is 13.9. The summed E-state index contributed by atoms with van der Waals surface area (Å²) < 4.78 is 24.7. The first-order valence-corrected chi connectivity index (χ1v) is 8.01. The predicted molar refractivity (Wildman–Crippen MR) is 72.1 cm³/mol. The maximum atomic E-state index is 12.2. The zero-order valence-electron chi connectivity index (χ0n) is 10.7. The maximum Gasteiger partial charge on any atom is 0.242 e. The normalized spacial score (nSPS) is 21.0. The molecule has 1 aromatic rings. The van der Waals surface area contributed by atoms with Gasteiger partial charge in [0, 0.05) is 12.7 Å². The number of piperidine rings is 1. The minimum atomic E-state index is -3.36. The summed E-state index contributed by atoms with van der Waals surface area (Å²) in [5.41, 5.74) is 0.575. The number of amides is 1. The van der Waals surface area contributed by atoms with Gasteiger partial charge in [0.05, 0.1) is 18.1 Å². The molecular formula is C12H17N3O3S. The zero-order valence-corrected chi connectivity index (χ0v) is 11.6. The molecule has 1 N–H and O–H groups in total. The van der Waals surface area contributed by atoms with Crippen molar-refractivity contribution in [3.63, 3.8) is 0 Å². The number of carbonyl (C=O) groups excluding carboxylic acids is 1. The molecule has 0 bridgehead atoms. The minimum absolute atomic E-state index is 0.293. The Kier molecular flexibility index (Phi) is 4.16. The summed E-state index contributed by atoms with van der Waals surface area (Å²) in [4.78, 5) is 16.1. The van der Waals surface area contributed by atoms with Crippen molar-refractivity contribution in [2.45, 2.75) is 25.3 Å². The van der Waals surface area contributed by atoms with Gasteiger partial charge in [-0.25, -0.2) is 8.42 Å². The number of aromatic nitrogens is 1. The van der Waals surface area contributed by atoms with E-state index in [0.29, 0.717) is 18.7 Å². The third kappa shape index (κ3) is 3.51. The van der Waals surface area contributed by atoms with E-state index in [0.717, 1.165) is 19.1 Å². The van der Waals surface area contributed by atoms with E-state index in [1.54, 1.807) is 18.3 Å². The number of rotatable bonds is 3. The lowest BCUT2D eigenvalue weighted by molar-refractivity contribution is -0.120. The molecule has 0 spiro atoms. The number of sulfonamides is 1. The SMILES string of the molecule is CS(=O)(=O)N1CCCC[C@@H]1C(=O)Nc1cccnc1. The number of anilines is 1. The van der Waals surface area contributed by atoms with Crippen molar-refractivity contribution in [2.24, 2.45) is 0 Å². The van der Waals surface area contributed by atoms with Crippen molar-refractivity contribution in [2.75, 3.05) is 18.1 Å². The quantitative estimate of drug-likeness (QED) is 0.891. The lowest BCUT2D eigenvalue weighted by atomic mass is 10.0. The van der Waals surface area contributed by atoms with Gasteiger partial charge in [0.1, 0.15) is 6.04 Å². The third-order valence-electron chi connectivity index (χ3n) is 3.11. The molecule has 0 radical (unpaired) electrons. The molecule has 19 heavy (non-hydrogen) atoms. The van der Waals surface area contributed by atoms with E-state index in [4.69, 9.17) is 0 Å². The van der Waals surface area contributed by atoms with Gasteiger partial charge in [-0.3, -0.25) is 9.78 Å². The van der Waals surface area contributed by atoms with Crippen LogP contribution in [-0.4, -0.2) is 42.5 Å². The Morgan fingerprint density at radius 3 is 2.89 bits per heavy atom. The number of carbonyl (C=O) groups is 1. The Morgan fingerprint density at radius 1 is 1.47 bits per heavy atom. The van der Waals surface area contributed by atoms with Gasteiger partial charge in [-0.15, -0.1) is 0 Å². The summed E-state index contributed by atoms with van der Waals surface area (Å²) in [6.07, 6.45) is 6.49. The maximum absolute atomic E-state index is 12.2. The summed E-state index contributed by atoms with van der Waals surface area (Å²) in [5, 5.41) is 2.71. The lowest BCUT2D eigenvalue weighted by Gasteiger charge is -2.32. The number of nitrogens with one attached hydrogen (secondary N) is 1. The second kappa shape index (κ2) is 5.66. The number of hydrogen-bond acceptors (Lipinski definition) is 4. The van der Waals surface area contributed by atoms with Gasteiger partial charge < -0.3 is 5.32 Å². The van der Waals surface area contributed by atoms with E-state index in [1.165, 1.54) is 10.5 Å². The molecule has 1 fully saturated rings. The molecular weight excluding hydrogens is 266 g/mol. The van der Waals surface area contributed by atoms with Crippen molar-refractivity contribution in [3.8, 4) is 0 Å². The summed E-state index contributed by atoms with van der Waals surface area (Å²) in [6, 6.07) is 2.81. The van der Waals surface area contributed by atoms with Crippen LogP contribution in [-0.2, 0) is 14.8 Å². The van der Waals surface area contributed by atoms with E-state index in [2.05, 4.69) is 10.3 Å². The van der Waals surface area contributed by atoms with Crippen LogP contribution >= 0.6 is 0 Å². The minimum Gasteiger partial charge on any atom is -0.323 e. The van der Waals surface area contributed by atoms with Crippen molar-refractivity contribution < 1.29 is 13.2 Å². The molecule has 1 aliphatic heterocycles. The Labute approximate surface area is 112 Å². The summed E-state index contributed by atoms with van der Waals surface area (Å²) in [5.74, 6) is -0.293. The molecule has 104 valence electrons. The Morgan fingerprint density at radius 2 is 2.26 bits per heavy atom. The molecule has 7 heteroatoms. The molecule has 1 aliphatic rings. The second-order valence-corrected chi connectivity index (χ2v) is 6.55. The molecule has 0 unspecified atom stereocenters. The smallest absolute Gasteiger partial charge is 0.242 e. The Balaban J connectivity index is 2.12. The van der Waals surface area contributed by atoms with E-state index < -0.39 is 16.1 Å². The third-order valence-corrected chi connectivity index (χ3v) is 4.40. The van der Waals surface area contributed by atoms with E-state index in [9.17, 15) is 13.2 Å². The van der Waals surface area contributed by atoms with Gasteiger partial charge in [-0.1, -0.05) is 6.42 Å². The van der Waals surface area contributed by atoms with Gasteiger partial charge in [0.15, 0.2) is 0 Å². The number of nitrogens with zero attached hydrogens (tertiary/aromatic N) is 2. The molecule has 1 saturated heterocycles. The van der Waals surface area contributed by atoms with Crippen molar-refractivity contribution in [1.82, 2.24) is 9.29 Å². The molecule has 2 heterocycles. The average Bonchev–Trinajstić information content (AvgIpc) is 2.39. The van der Waals surface area contributed by atoms with E-state index >= 15 is 0 Å². The highest BCUT2D eigenvalue weighted by atomic mass is 32.2. The van der Waals surface area contributed by atoms with Crippen LogP contribution in [0.5, 0.6) is 0 Å². The molecule has 0 aromatic carbocycles. The van der Waals surface area contributed by atoms with Crippen LogP contribution < -0.4 is 5.32 Å². The topological polar surface area (TPSA) is 79.4 Å². The van der Waals surface area contributed by atoms with Crippen LogP contribution in [0.2, 0.25) is 0 Å². The van der Waals surface area contributed by atoms with E-state index in [1.807, 2.05) is 0 Å². The second-order valence-electron chi connectivity index (χ2n) is 4.62. The van der Waals surface area contributed by atoms with Crippen LogP contribution in [0.1, 0.15) is 19.3 Å². The first kappa shape index (κ1) is 14.0. The molecule has 2 rings (SSSR count). The predicted octanol–water partition coefficient (Wildman–Crippen LogP) is 0.834. The van der Waals surface area contributed by atoms with Crippen LogP contribution in [0.4, 0.5) is 5.69 Å². The van der Waals surface area contributed by atoms with Crippen LogP contribution in [0.25, 0.3) is 0 Å². The van der Waals surface area contributed by atoms with Crippen molar-refractivity contribution in [1.29, 1.82) is 0 Å². The van der Waals surface area contributed by atoms with Crippen LogP contribution in [0.15, 0.2) is 24.5 Å². The summed E-state index contributed by atoms with van der Waals surface area (Å²) in [6.45, 7) is 0.407. The fourth-order valence-electron chi connectivity index (χ4n) is 2.23. The lowest BCUT2D eigenvalue weighted by Crippen LogP contribution is -2.49. The molecule has 1 atom stereocenters. The van der Waals surface area contributed by atoms with E-state index in [-0.39, 0.29) is 5.91 Å². The molecule has 0 aliphatic carbocycles. The largest absolute Gasteiger partial charge is 0.323 e. The number of pyridine rings is 1. The van der Waals surface area contributed by atoms with Crippen LogP contribution in [0, 0.1) is 0 Å². The van der Waals surface area contributed by atoms with Gasteiger partial charge in [-0.2, -0.15) is 4.31 Å². The summed E-state index contributed by atoms with van der Waals surface area (Å²) in [7, 11) is -3.36. The summed E-state index contributed by atoms with van der Waals surface area (Å²) >= 11 is 0. The van der Waals surface area contributed by atoms with Gasteiger partial charge in [0.25, 0.3) is 0 Å².